The van der Waals surface area contributed by atoms with E-state index < -0.39 is 25.1 Å². The van der Waals surface area contributed by atoms with Crippen molar-refractivity contribution in [1.82, 2.24) is 14.5 Å². The molecule has 0 unspecified atom stereocenters. The maximum absolute atomic E-state index is 8.76. The molecule has 0 aliphatic rings. The Balaban J connectivity index is 0.000000193. The fourth-order valence-corrected chi connectivity index (χ4v) is 9.99. The largest absolute Gasteiger partial charge is 0 e. The normalized spacial score (nSPS) is 12.6. The van der Waals surface area contributed by atoms with E-state index in [1.807, 2.05) is 87.6 Å². The summed E-state index contributed by atoms with van der Waals surface area (Å²) in [6.45, 7) is 12.3. The van der Waals surface area contributed by atoms with Gasteiger partial charge in [-0.25, -0.2) is 0 Å². The van der Waals surface area contributed by atoms with Crippen molar-refractivity contribution in [2.45, 2.75) is 65.2 Å². The topological polar surface area (TPSA) is 43.9 Å². The number of rotatable bonds is 5. The van der Waals surface area contributed by atoms with Crippen molar-refractivity contribution in [2.24, 2.45) is 5.41 Å². The molecule has 0 fully saturated rings. The van der Waals surface area contributed by atoms with Crippen LogP contribution in [0, 0.1) is 38.3 Å². The maximum atomic E-state index is 8.76. The Morgan fingerprint density at radius 1 is 0.811 bits per heavy atom. The summed E-state index contributed by atoms with van der Waals surface area (Å²) in [5.41, 5.74) is 11.5. The van der Waals surface area contributed by atoms with Crippen LogP contribution < -0.4 is 4.40 Å². The predicted octanol–water partition coefficient (Wildman–Crippen LogP) is 12.0. The van der Waals surface area contributed by atoms with Crippen LogP contribution in [0.15, 0.2) is 114 Å². The summed E-state index contributed by atoms with van der Waals surface area (Å²) in [5, 5.41) is 2.19. The molecule has 271 valence electrons. The Bertz CT molecular complexity index is 2630. The van der Waals surface area contributed by atoms with Crippen LogP contribution >= 0.6 is 0 Å². The van der Waals surface area contributed by atoms with E-state index in [0.29, 0.717) is 0 Å². The minimum Gasteiger partial charge on any atom is 0 e. The number of aromatic nitrogens is 3. The quantitative estimate of drug-likeness (QED) is 0.128. The molecule has 0 bridgehead atoms. The first-order chi connectivity index (χ1) is 25.6. The molecule has 0 amide bonds. The third-order valence-corrected chi connectivity index (χ3v) is 13.4. The zero-order valence-electron chi connectivity index (χ0n) is 34.0. The summed E-state index contributed by atoms with van der Waals surface area (Å²) in [7, 11) is 0. The number of para-hydroxylation sites is 3. The Labute approximate surface area is 333 Å². The number of fused-ring (bicyclic) bond motifs is 4. The van der Waals surface area contributed by atoms with Crippen molar-refractivity contribution in [1.29, 1.82) is 0 Å². The van der Waals surface area contributed by atoms with Crippen molar-refractivity contribution in [3.05, 3.63) is 144 Å². The zero-order valence-corrected chi connectivity index (χ0v) is 36.5. The Morgan fingerprint density at radius 2 is 1.51 bits per heavy atom. The standard InChI is InChI=1S/C28H21N2O.C19H26GeN.Ir/c1-17-15-18(2)26(19(3)16-17)30-24-13-6-5-12-23(24)29-28(30)22-11-8-10-21-20-9-4-7-14-25(20)31-27(21)22;1-19(2,3)13-16-12-18(15-10-8-7-9-11-15)21-14-17(16)20(4,5)6;/h4-10,12-16H,1-3H3;7-10,12,14H,13H2,1-6H3;/q2*-1;/i;13D2;. The third-order valence-electron chi connectivity index (χ3n) is 9.19. The van der Waals surface area contributed by atoms with Gasteiger partial charge in [0.15, 0.2) is 0 Å². The predicted molar refractivity (Wildman–Crippen MR) is 221 cm³/mol. The minimum absolute atomic E-state index is 0. The molecule has 8 rings (SSSR count). The molecule has 0 spiro atoms. The van der Waals surface area contributed by atoms with Gasteiger partial charge in [-0.05, 0) is 50.1 Å². The van der Waals surface area contributed by atoms with Gasteiger partial charge in [-0.3, -0.25) is 4.98 Å². The van der Waals surface area contributed by atoms with E-state index in [2.05, 4.69) is 102 Å². The molecule has 3 aromatic heterocycles. The summed E-state index contributed by atoms with van der Waals surface area (Å²) in [6, 6.07) is 41.2. The number of nitrogens with zero attached hydrogens (tertiary/aromatic N) is 3. The van der Waals surface area contributed by atoms with Crippen LogP contribution in [0.3, 0.4) is 0 Å². The number of hydrogen-bond acceptors (Lipinski definition) is 3. The molecule has 4 nitrogen and oxygen atoms in total. The van der Waals surface area contributed by atoms with Gasteiger partial charge in [-0.1, -0.05) is 59.0 Å². The third kappa shape index (κ3) is 7.99. The maximum Gasteiger partial charge on any atom is 0 e. The van der Waals surface area contributed by atoms with Crippen molar-refractivity contribution in [2.75, 3.05) is 0 Å². The van der Waals surface area contributed by atoms with Gasteiger partial charge >= 0.3 is 135 Å². The second kappa shape index (κ2) is 15.2. The van der Waals surface area contributed by atoms with E-state index in [9.17, 15) is 0 Å². The number of furan rings is 1. The molecule has 0 N–H and O–H groups in total. The summed E-state index contributed by atoms with van der Waals surface area (Å²) in [4.78, 5) is 9.68. The molecule has 1 radical (unpaired) electrons. The van der Waals surface area contributed by atoms with Crippen molar-refractivity contribution in [3.63, 3.8) is 0 Å². The molecule has 53 heavy (non-hydrogen) atoms. The average Bonchev–Trinajstić information content (AvgIpc) is 3.70. The van der Waals surface area contributed by atoms with Gasteiger partial charge in [-0.2, -0.15) is 0 Å². The SMILES string of the molecule is Cc1cc(C)c(-n2c(-c3[c-]ccc4c3oc3ccccc34)nc3ccccc32)c(C)c1.[2H]C([2H])(c1cc(-c2[c-]cccc2)nc[c]1[Ge]([CH3])([CH3])[CH3])C(C)(C)C.[Ir]. The number of pyridine rings is 1. The van der Waals surface area contributed by atoms with Gasteiger partial charge < -0.3 is 8.98 Å². The first-order valence-corrected chi connectivity index (χ1v) is 25.3. The van der Waals surface area contributed by atoms with E-state index in [0.717, 1.165) is 71.3 Å². The molecule has 5 aromatic carbocycles. The van der Waals surface area contributed by atoms with Gasteiger partial charge in [0, 0.05) is 31.2 Å². The average molecular weight is 937 g/mol. The molecule has 0 saturated carbocycles. The molecule has 6 heteroatoms. The molecule has 8 aromatic rings. The fraction of sp³-hybridized carbons (Fsp3) is 0.234. The molecule has 3 heterocycles. The van der Waals surface area contributed by atoms with Crippen molar-refractivity contribution < 1.29 is 27.3 Å². The van der Waals surface area contributed by atoms with Gasteiger partial charge in [0.1, 0.15) is 5.58 Å². The molecule has 0 aliphatic carbocycles. The fourth-order valence-electron chi connectivity index (χ4n) is 7.06. The number of aryl methyl sites for hydroxylation is 3. The second-order valence-electron chi connectivity index (χ2n) is 15.7. The van der Waals surface area contributed by atoms with Crippen LogP contribution in [0.2, 0.25) is 17.3 Å². The smallest absolute Gasteiger partial charge is 0 e. The monoisotopic (exact) mass is 938 g/mol. The Hall–Kier alpha value is -4.29. The van der Waals surface area contributed by atoms with Gasteiger partial charge in [-0.15, -0.1) is 18.2 Å². The summed E-state index contributed by atoms with van der Waals surface area (Å²) in [6.07, 6.45) is 0.502. The molecule has 0 aliphatic heterocycles. The second-order valence-corrected chi connectivity index (χ2v) is 26.3. The first kappa shape index (κ1) is 35.7. The van der Waals surface area contributed by atoms with Crippen molar-refractivity contribution >= 4 is 50.6 Å². The summed E-state index contributed by atoms with van der Waals surface area (Å²) < 4.78 is 27.2. The number of benzene rings is 5. The van der Waals surface area contributed by atoms with E-state index >= 15 is 0 Å². The van der Waals surface area contributed by atoms with Crippen LogP contribution in [-0.2, 0) is 26.5 Å². The van der Waals surface area contributed by atoms with E-state index in [-0.39, 0.29) is 20.1 Å². The van der Waals surface area contributed by atoms with E-state index in [4.69, 9.17) is 12.1 Å². The van der Waals surface area contributed by atoms with Gasteiger partial charge in [0.2, 0.25) is 0 Å². The molecule has 0 saturated heterocycles. The van der Waals surface area contributed by atoms with Gasteiger partial charge in [0.05, 0.1) is 22.4 Å². The van der Waals surface area contributed by atoms with Crippen LogP contribution in [-0.4, -0.2) is 27.8 Å². The van der Waals surface area contributed by atoms with Crippen LogP contribution in [0.5, 0.6) is 0 Å². The molecule has 0 atom stereocenters. The first-order valence-electron chi connectivity index (χ1n) is 18.9. The van der Waals surface area contributed by atoms with Crippen molar-refractivity contribution in [3.8, 4) is 28.3 Å². The van der Waals surface area contributed by atoms with Crippen LogP contribution in [0.1, 0.15) is 45.8 Å². The van der Waals surface area contributed by atoms with Crippen LogP contribution in [0.4, 0.5) is 0 Å². The zero-order chi connectivity index (χ0) is 38.6. The van der Waals surface area contributed by atoms with Crippen LogP contribution in [0.25, 0.3) is 61.3 Å². The number of hydrogen-bond donors (Lipinski definition) is 0. The summed E-state index contributed by atoms with van der Waals surface area (Å²) >= 11 is -2.24. The summed E-state index contributed by atoms with van der Waals surface area (Å²) in [5.74, 6) is 7.70. The minimum atomic E-state index is -2.24. The number of imidazole rings is 1. The Morgan fingerprint density at radius 3 is 2.21 bits per heavy atom. The van der Waals surface area contributed by atoms with Gasteiger partial charge in [0.25, 0.3) is 0 Å². The van der Waals surface area contributed by atoms with E-state index in [1.165, 1.54) is 16.7 Å². The van der Waals surface area contributed by atoms with E-state index in [1.54, 1.807) is 0 Å². The molecular formula is C47H47GeIrN3O-2. The Kier molecular flexibility index (Phi) is 10.3. The molecular weight excluding hydrogens is 887 g/mol.